The lowest BCUT2D eigenvalue weighted by atomic mass is 10.1. The van der Waals surface area contributed by atoms with Crippen LogP contribution in [0.15, 0.2) is 77.7 Å². The number of sulfonamides is 1. The largest absolute Gasteiger partial charge is 0.357 e. The first-order valence-corrected chi connectivity index (χ1v) is 13.0. The average molecular weight is 532 g/mol. The Hall–Kier alpha value is -3.43. The van der Waals surface area contributed by atoms with Gasteiger partial charge in [-0.3, -0.25) is 13.9 Å². The molecule has 0 radical (unpaired) electrons. The van der Waals surface area contributed by atoms with E-state index in [2.05, 4.69) is 5.32 Å². The lowest BCUT2D eigenvalue weighted by molar-refractivity contribution is -0.139. The number of benzene rings is 3. The van der Waals surface area contributed by atoms with Crippen molar-refractivity contribution in [3.05, 3.63) is 94.8 Å². The quantitative estimate of drug-likeness (QED) is 0.449. The van der Waals surface area contributed by atoms with Crippen molar-refractivity contribution in [1.29, 1.82) is 0 Å². The van der Waals surface area contributed by atoms with E-state index in [1.165, 1.54) is 56.4 Å². The van der Waals surface area contributed by atoms with E-state index < -0.39 is 40.2 Å². The summed E-state index contributed by atoms with van der Waals surface area (Å²) in [5, 5.41) is 2.85. The van der Waals surface area contributed by atoms with Crippen LogP contribution in [-0.2, 0) is 26.2 Å². The molecule has 3 rings (SSSR count). The fourth-order valence-corrected chi connectivity index (χ4v) is 5.12. The summed E-state index contributed by atoms with van der Waals surface area (Å²) in [6.07, 6.45) is 0. The molecule has 0 fully saturated rings. The van der Waals surface area contributed by atoms with E-state index in [4.69, 9.17) is 11.6 Å². The molecule has 0 aliphatic rings. The van der Waals surface area contributed by atoms with Crippen LogP contribution in [0.4, 0.5) is 10.1 Å². The van der Waals surface area contributed by atoms with E-state index in [0.717, 1.165) is 14.8 Å². The Morgan fingerprint density at radius 3 is 2.19 bits per heavy atom. The maximum atomic E-state index is 14.4. The SMILES string of the molecule is CNC(=O)C(C)N(Cc1ccccc1F)C(=O)CN(c1ccc(C)cc1)S(=O)(=O)c1ccc(Cl)cc1. The van der Waals surface area contributed by atoms with Crippen molar-refractivity contribution in [2.75, 3.05) is 17.9 Å². The number of aryl methyl sites for hydroxylation is 1. The first-order valence-electron chi connectivity index (χ1n) is 11.1. The maximum absolute atomic E-state index is 14.4. The molecule has 36 heavy (non-hydrogen) atoms. The number of carbonyl (C=O) groups excluding carboxylic acids is 2. The van der Waals surface area contributed by atoms with E-state index >= 15 is 0 Å². The van der Waals surface area contributed by atoms with Gasteiger partial charge in [-0.05, 0) is 56.3 Å². The fourth-order valence-electron chi connectivity index (χ4n) is 3.58. The highest BCUT2D eigenvalue weighted by Crippen LogP contribution is 2.26. The molecule has 0 heterocycles. The lowest BCUT2D eigenvalue weighted by Gasteiger charge is -2.31. The van der Waals surface area contributed by atoms with E-state index in [-0.39, 0.29) is 22.7 Å². The van der Waals surface area contributed by atoms with Gasteiger partial charge in [-0.15, -0.1) is 0 Å². The van der Waals surface area contributed by atoms with Crippen molar-refractivity contribution in [3.63, 3.8) is 0 Å². The number of hydrogen-bond donors (Lipinski definition) is 1. The molecule has 0 aliphatic carbocycles. The summed E-state index contributed by atoms with van der Waals surface area (Å²) >= 11 is 5.93. The Bertz CT molecular complexity index is 1330. The number of nitrogens with zero attached hydrogens (tertiary/aromatic N) is 2. The number of amides is 2. The summed E-state index contributed by atoms with van der Waals surface area (Å²) in [7, 11) is -2.77. The van der Waals surface area contributed by atoms with Crippen LogP contribution in [0.1, 0.15) is 18.1 Å². The van der Waals surface area contributed by atoms with Crippen molar-refractivity contribution < 1.29 is 22.4 Å². The average Bonchev–Trinajstić information content (AvgIpc) is 2.86. The minimum Gasteiger partial charge on any atom is -0.357 e. The Morgan fingerprint density at radius 1 is 1.00 bits per heavy atom. The summed E-state index contributed by atoms with van der Waals surface area (Å²) in [6.45, 7) is 2.53. The highest BCUT2D eigenvalue weighted by Gasteiger charge is 2.32. The number of carbonyl (C=O) groups is 2. The zero-order valence-corrected chi connectivity index (χ0v) is 21.7. The highest BCUT2D eigenvalue weighted by atomic mass is 35.5. The molecule has 0 aromatic heterocycles. The number of halogens is 2. The highest BCUT2D eigenvalue weighted by molar-refractivity contribution is 7.92. The summed E-state index contributed by atoms with van der Waals surface area (Å²) < 4.78 is 42.7. The number of rotatable bonds is 9. The summed E-state index contributed by atoms with van der Waals surface area (Å²) in [5.74, 6) is -1.68. The van der Waals surface area contributed by atoms with E-state index in [9.17, 15) is 22.4 Å². The number of likely N-dealkylation sites (N-methyl/N-ethyl adjacent to an activating group) is 1. The van der Waals surface area contributed by atoms with Gasteiger partial charge in [0, 0.05) is 24.2 Å². The first kappa shape index (κ1) is 27.2. The molecular weight excluding hydrogens is 505 g/mol. The van der Waals surface area contributed by atoms with Crippen LogP contribution in [-0.4, -0.2) is 44.8 Å². The minimum atomic E-state index is -4.19. The van der Waals surface area contributed by atoms with Gasteiger partial charge in [0.15, 0.2) is 0 Å². The Kier molecular flexibility index (Phi) is 8.70. The second-order valence-electron chi connectivity index (χ2n) is 8.20. The number of nitrogens with one attached hydrogen (secondary N) is 1. The lowest BCUT2D eigenvalue weighted by Crippen LogP contribution is -2.50. The van der Waals surface area contributed by atoms with Crippen LogP contribution in [0.25, 0.3) is 0 Å². The summed E-state index contributed by atoms with van der Waals surface area (Å²) in [6, 6.07) is 17.2. The number of hydrogen-bond acceptors (Lipinski definition) is 4. The van der Waals surface area contributed by atoms with E-state index in [1.807, 2.05) is 6.92 Å². The van der Waals surface area contributed by atoms with Gasteiger partial charge >= 0.3 is 0 Å². The van der Waals surface area contributed by atoms with Crippen molar-refractivity contribution in [2.45, 2.75) is 31.3 Å². The second-order valence-corrected chi connectivity index (χ2v) is 10.5. The third-order valence-electron chi connectivity index (χ3n) is 5.71. The normalized spacial score (nSPS) is 12.0. The standard InChI is InChI=1S/C26H27ClFN3O4S/c1-18-8-12-22(13-9-18)31(36(34,35)23-14-10-21(27)11-15-23)17-25(32)30(19(2)26(33)29-3)16-20-6-4-5-7-24(20)28/h4-15,19H,16-17H2,1-3H3,(H,29,33). The molecule has 7 nitrogen and oxygen atoms in total. The van der Waals surface area contributed by atoms with Gasteiger partial charge in [-0.2, -0.15) is 0 Å². The van der Waals surface area contributed by atoms with Gasteiger partial charge in [-0.25, -0.2) is 12.8 Å². The van der Waals surface area contributed by atoms with Gasteiger partial charge in [0.05, 0.1) is 10.6 Å². The molecule has 1 atom stereocenters. The molecule has 1 unspecified atom stereocenters. The number of anilines is 1. The molecule has 0 saturated carbocycles. The molecule has 0 bridgehead atoms. The molecule has 0 spiro atoms. The van der Waals surface area contributed by atoms with E-state index in [0.29, 0.717) is 5.02 Å². The third kappa shape index (κ3) is 6.22. The van der Waals surface area contributed by atoms with Crippen LogP contribution in [0.5, 0.6) is 0 Å². The van der Waals surface area contributed by atoms with Crippen LogP contribution in [0, 0.1) is 12.7 Å². The molecule has 10 heteroatoms. The first-order chi connectivity index (χ1) is 17.0. The third-order valence-corrected chi connectivity index (χ3v) is 7.75. The van der Waals surface area contributed by atoms with Crippen LogP contribution in [0.2, 0.25) is 5.02 Å². The molecule has 3 aromatic carbocycles. The smallest absolute Gasteiger partial charge is 0.264 e. The van der Waals surface area contributed by atoms with Gasteiger partial charge in [-0.1, -0.05) is 47.5 Å². The predicted molar refractivity (Wildman–Crippen MR) is 138 cm³/mol. The van der Waals surface area contributed by atoms with Gasteiger partial charge < -0.3 is 10.2 Å². The Morgan fingerprint density at radius 2 is 1.61 bits per heavy atom. The van der Waals surface area contributed by atoms with Crippen LogP contribution < -0.4 is 9.62 Å². The van der Waals surface area contributed by atoms with Crippen molar-refractivity contribution in [3.8, 4) is 0 Å². The zero-order valence-electron chi connectivity index (χ0n) is 20.1. The molecular formula is C26H27ClFN3O4S. The predicted octanol–water partition coefficient (Wildman–Crippen LogP) is 4.15. The molecule has 3 aromatic rings. The van der Waals surface area contributed by atoms with Crippen molar-refractivity contribution in [2.24, 2.45) is 0 Å². The molecule has 1 N–H and O–H groups in total. The summed E-state index contributed by atoms with van der Waals surface area (Å²) in [4.78, 5) is 27.1. The Balaban J connectivity index is 2.03. The van der Waals surface area contributed by atoms with Crippen LogP contribution >= 0.6 is 11.6 Å². The maximum Gasteiger partial charge on any atom is 0.264 e. The fraction of sp³-hybridized carbons (Fsp3) is 0.231. The van der Waals surface area contributed by atoms with Crippen LogP contribution in [0.3, 0.4) is 0 Å². The molecule has 2 amide bonds. The summed E-state index contributed by atoms with van der Waals surface area (Å²) in [5.41, 5.74) is 1.37. The monoisotopic (exact) mass is 531 g/mol. The second kappa shape index (κ2) is 11.5. The minimum absolute atomic E-state index is 0.0553. The molecule has 0 saturated heterocycles. The van der Waals surface area contributed by atoms with Gasteiger partial charge in [0.2, 0.25) is 11.8 Å². The molecule has 190 valence electrons. The van der Waals surface area contributed by atoms with Gasteiger partial charge in [0.1, 0.15) is 18.4 Å². The van der Waals surface area contributed by atoms with Crippen molar-refractivity contribution >= 4 is 39.1 Å². The van der Waals surface area contributed by atoms with E-state index in [1.54, 1.807) is 30.3 Å². The topological polar surface area (TPSA) is 86.8 Å². The Labute approximate surface area is 215 Å². The van der Waals surface area contributed by atoms with Crippen molar-refractivity contribution in [1.82, 2.24) is 10.2 Å². The zero-order chi connectivity index (χ0) is 26.5. The van der Waals surface area contributed by atoms with Gasteiger partial charge in [0.25, 0.3) is 10.0 Å². The molecule has 0 aliphatic heterocycles.